The van der Waals surface area contributed by atoms with Gasteiger partial charge in [0.2, 0.25) is 9.04 Å². The number of hydrogen-bond acceptors (Lipinski definition) is 2. The van der Waals surface area contributed by atoms with Crippen molar-refractivity contribution in [3.8, 4) is 5.75 Å². The molecule has 1 aromatic carbocycles. The Kier molecular flexibility index (Phi) is 3.51. The normalized spacial score (nSPS) is 13.0. The average molecular weight is 195 g/mol. The SMILES string of the molecule is CC(N)c1ccccc1O[SiH](C)C. The van der Waals surface area contributed by atoms with Crippen molar-refractivity contribution in [2.75, 3.05) is 0 Å². The number of hydrogen-bond donors (Lipinski definition) is 1. The van der Waals surface area contributed by atoms with Crippen molar-refractivity contribution in [2.45, 2.75) is 26.1 Å². The molecule has 0 aliphatic rings. The zero-order valence-electron chi connectivity index (χ0n) is 8.45. The Bertz CT molecular complexity index is 273. The van der Waals surface area contributed by atoms with Crippen molar-refractivity contribution in [1.82, 2.24) is 0 Å². The maximum absolute atomic E-state index is 5.83. The Hall–Kier alpha value is -0.803. The maximum atomic E-state index is 5.83. The van der Waals surface area contributed by atoms with Gasteiger partial charge in [-0.2, -0.15) is 0 Å². The van der Waals surface area contributed by atoms with E-state index in [1.807, 2.05) is 31.2 Å². The largest absolute Gasteiger partial charge is 0.547 e. The van der Waals surface area contributed by atoms with E-state index in [4.69, 9.17) is 10.2 Å². The van der Waals surface area contributed by atoms with Gasteiger partial charge < -0.3 is 10.2 Å². The van der Waals surface area contributed by atoms with Gasteiger partial charge in [-0.05, 0) is 26.1 Å². The lowest BCUT2D eigenvalue weighted by molar-refractivity contribution is 0.563. The molecule has 13 heavy (non-hydrogen) atoms. The van der Waals surface area contributed by atoms with Crippen LogP contribution in [-0.4, -0.2) is 9.04 Å². The molecule has 3 heteroatoms. The highest BCUT2D eigenvalue weighted by Gasteiger charge is 2.07. The zero-order chi connectivity index (χ0) is 9.84. The summed E-state index contributed by atoms with van der Waals surface area (Å²) in [5.41, 5.74) is 6.93. The highest BCUT2D eigenvalue weighted by Crippen LogP contribution is 2.23. The minimum absolute atomic E-state index is 0.0453. The topological polar surface area (TPSA) is 35.2 Å². The summed E-state index contributed by atoms with van der Waals surface area (Å²) in [5, 5.41) is 0. The van der Waals surface area contributed by atoms with E-state index in [2.05, 4.69) is 13.1 Å². The summed E-state index contributed by atoms with van der Waals surface area (Å²) < 4.78 is 5.77. The van der Waals surface area contributed by atoms with Gasteiger partial charge >= 0.3 is 0 Å². The molecular formula is C10H17NOSi. The summed E-state index contributed by atoms with van der Waals surface area (Å²) >= 11 is 0. The van der Waals surface area contributed by atoms with Crippen molar-refractivity contribution < 1.29 is 4.43 Å². The van der Waals surface area contributed by atoms with Crippen LogP contribution in [0, 0.1) is 0 Å². The molecule has 0 radical (unpaired) electrons. The molecule has 0 heterocycles. The minimum Gasteiger partial charge on any atom is -0.547 e. The molecule has 0 aliphatic carbocycles. The highest BCUT2D eigenvalue weighted by atomic mass is 28.3. The summed E-state index contributed by atoms with van der Waals surface area (Å²) in [6, 6.07) is 8.04. The van der Waals surface area contributed by atoms with E-state index in [9.17, 15) is 0 Å². The van der Waals surface area contributed by atoms with Crippen LogP contribution >= 0.6 is 0 Å². The summed E-state index contributed by atoms with van der Waals surface area (Å²) in [4.78, 5) is 0. The molecule has 1 unspecified atom stereocenters. The first-order chi connectivity index (χ1) is 6.11. The second-order valence-corrected chi connectivity index (χ2v) is 5.83. The monoisotopic (exact) mass is 195 g/mol. The fourth-order valence-electron chi connectivity index (χ4n) is 1.22. The first-order valence-electron chi connectivity index (χ1n) is 4.62. The standard InChI is InChI=1S/C10H17NOSi/c1-8(11)9-6-4-5-7-10(9)12-13(2)3/h4-8,13H,11H2,1-3H3. The summed E-state index contributed by atoms with van der Waals surface area (Å²) in [5.74, 6) is 0.958. The van der Waals surface area contributed by atoms with Gasteiger partial charge in [0.05, 0.1) is 0 Å². The van der Waals surface area contributed by atoms with E-state index >= 15 is 0 Å². The van der Waals surface area contributed by atoms with Gasteiger partial charge in [-0.15, -0.1) is 0 Å². The predicted octanol–water partition coefficient (Wildman–Crippen LogP) is 2.07. The molecule has 0 aliphatic heterocycles. The van der Waals surface area contributed by atoms with Crippen LogP contribution in [-0.2, 0) is 0 Å². The summed E-state index contributed by atoms with van der Waals surface area (Å²) in [7, 11) is -1.02. The van der Waals surface area contributed by atoms with Crippen LogP contribution in [0.3, 0.4) is 0 Å². The van der Waals surface area contributed by atoms with Crippen LogP contribution in [0.2, 0.25) is 13.1 Å². The number of benzene rings is 1. The quantitative estimate of drug-likeness (QED) is 0.749. The van der Waals surface area contributed by atoms with E-state index < -0.39 is 9.04 Å². The van der Waals surface area contributed by atoms with Crippen LogP contribution in [0.4, 0.5) is 0 Å². The van der Waals surface area contributed by atoms with Crippen molar-refractivity contribution in [3.63, 3.8) is 0 Å². The Labute approximate surface area is 81.4 Å². The van der Waals surface area contributed by atoms with Crippen molar-refractivity contribution in [3.05, 3.63) is 29.8 Å². The molecule has 2 N–H and O–H groups in total. The fraction of sp³-hybridized carbons (Fsp3) is 0.400. The predicted molar refractivity (Wildman–Crippen MR) is 58.5 cm³/mol. The van der Waals surface area contributed by atoms with Gasteiger partial charge in [0.15, 0.2) is 0 Å². The lowest BCUT2D eigenvalue weighted by Crippen LogP contribution is -2.15. The molecule has 1 rings (SSSR count). The van der Waals surface area contributed by atoms with Crippen LogP contribution in [0.5, 0.6) is 5.75 Å². The molecule has 72 valence electrons. The molecule has 0 aromatic heterocycles. The van der Waals surface area contributed by atoms with E-state index in [1.54, 1.807) is 0 Å². The van der Waals surface area contributed by atoms with Gasteiger partial charge in [0.25, 0.3) is 0 Å². The van der Waals surface area contributed by atoms with E-state index in [-0.39, 0.29) is 6.04 Å². The molecule has 0 fully saturated rings. The third kappa shape index (κ3) is 2.86. The maximum Gasteiger partial charge on any atom is 0.229 e. The third-order valence-electron chi connectivity index (χ3n) is 1.77. The Morgan fingerprint density at radius 1 is 1.31 bits per heavy atom. The Morgan fingerprint density at radius 3 is 2.46 bits per heavy atom. The highest BCUT2D eigenvalue weighted by molar-refractivity contribution is 6.49. The third-order valence-corrected chi connectivity index (χ3v) is 2.50. The zero-order valence-corrected chi connectivity index (χ0v) is 9.60. The van der Waals surface area contributed by atoms with E-state index in [0.717, 1.165) is 11.3 Å². The number of rotatable bonds is 3. The summed E-state index contributed by atoms with van der Waals surface area (Å²) in [6.45, 7) is 6.28. The smallest absolute Gasteiger partial charge is 0.229 e. The molecule has 0 spiro atoms. The molecule has 0 amide bonds. The molecular weight excluding hydrogens is 178 g/mol. The van der Waals surface area contributed by atoms with Gasteiger partial charge in [-0.1, -0.05) is 18.2 Å². The first kappa shape index (κ1) is 10.3. The lowest BCUT2D eigenvalue weighted by atomic mass is 10.1. The van der Waals surface area contributed by atoms with E-state index in [0.29, 0.717) is 0 Å². The van der Waals surface area contributed by atoms with Gasteiger partial charge in [0, 0.05) is 11.6 Å². The van der Waals surface area contributed by atoms with Crippen LogP contribution in [0.15, 0.2) is 24.3 Å². The molecule has 1 atom stereocenters. The first-order valence-corrected chi connectivity index (χ1v) is 7.40. The van der Waals surface area contributed by atoms with Gasteiger partial charge in [0.1, 0.15) is 5.75 Å². The molecule has 0 bridgehead atoms. The van der Waals surface area contributed by atoms with E-state index in [1.165, 1.54) is 0 Å². The van der Waals surface area contributed by atoms with Gasteiger partial charge in [-0.3, -0.25) is 0 Å². The lowest BCUT2D eigenvalue weighted by Gasteiger charge is -2.15. The Morgan fingerprint density at radius 2 is 1.92 bits per heavy atom. The van der Waals surface area contributed by atoms with Crippen molar-refractivity contribution in [2.24, 2.45) is 5.73 Å². The number of nitrogens with two attached hydrogens (primary N) is 1. The minimum atomic E-state index is -1.02. The number of para-hydroxylation sites is 1. The molecule has 0 saturated heterocycles. The van der Waals surface area contributed by atoms with Crippen LogP contribution in [0.25, 0.3) is 0 Å². The van der Waals surface area contributed by atoms with Crippen molar-refractivity contribution in [1.29, 1.82) is 0 Å². The summed E-state index contributed by atoms with van der Waals surface area (Å²) in [6.07, 6.45) is 0. The molecule has 1 aromatic rings. The van der Waals surface area contributed by atoms with Crippen LogP contribution in [0.1, 0.15) is 18.5 Å². The second-order valence-electron chi connectivity index (χ2n) is 3.49. The second kappa shape index (κ2) is 4.44. The average Bonchev–Trinajstić information content (AvgIpc) is 2.03. The Balaban J connectivity index is 2.91. The van der Waals surface area contributed by atoms with Crippen LogP contribution < -0.4 is 10.2 Å². The van der Waals surface area contributed by atoms with Gasteiger partial charge in [-0.25, -0.2) is 0 Å². The van der Waals surface area contributed by atoms with Crippen molar-refractivity contribution >= 4 is 9.04 Å². The fourth-order valence-corrected chi connectivity index (χ4v) is 1.94. The molecule has 2 nitrogen and oxygen atoms in total. The molecule has 0 saturated carbocycles.